The molecule has 0 amide bonds. The van der Waals surface area contributed by atoms with Gasteiger partial charge in [-0.1, -0.05) is 47.5 Å². The van der Waals surface area contributed by atoms with E-state index in [9.17, 15) is 0 Å². The van der Waals surface area contributed by atoms with Crippen molar-refractivity contribution in [3.8, 4) is 5.75 Å². The highest BCUT2D eigenvalue weighted by atomic mass is 35.5. The lowest BCUT2D eigenvalue weighted by molar-refractivity contribution is 0.316. The fourth-order valence-corrected chi connectivity index (χ4v) is 2.24. The maximum Gasteiger partial charge on any atom is 0.157 e. The first-order chi connectivity index (χ1) is 8.24. The number of halogens is 2. The number of ether oxygens (including phenoxy) is 1. The van der Waals surface area contributed by atoms with Gasteiger partial charge in [0.1, 0.15) is 6.61 Å². The second kappa shape index (κ2) is 5.56. The van der Waals surface area contributed by atoms with Crippen molar-refractivity contribution in [1.29, 1.82) is 0 Å². The molecule has 5 heteroatoms. The molecule has 0 aromatic heterocycles. The van der Waals surface area contributed by atoms with Gasteiger partial charge in [-0.05, 0) is 11.5 Å². The summed E-state index contributed by atoms with van der Waals surface area (Å²) in [4.78, 5) is 0. The van der Waals surface area contributed by atoms with Crippen LogP contribution in [-0.4, -0.2) is 13.2 Å². The van der Waals surface area contributed by atoms with Crippen molar-refractivity contribution in [2.75, 3.05) is 13.2 Å². The Labute approximate surface area is 109 Å². The minimum absolute atomic E-state index is 0.411. The molecule has 0 aliphatic carbocycles. The Morgan fingerprint density at radius 1 is 1.24 bits per heavy atom. The Morgan fingerprint density at radius 3 is 2.76 bits per heavy atom. The zero-order valence-electron chi connectivity index (χ0n) is 9.04. The molecule has 0 saturated carbocycles. The van der Waals surface area contributed by atoms with Crippen LogP contribution >= 0.6 is 23.2 Å². The zero-order valence-corrected chi connectivity index (χ0v) is 10.6. The summed E-state index contributed by atoms with van der Waals surface area (Å²) in [6, 6.07) is 9.59. The first-order valence-electron chi connectivity index (χ1n) is 5.17. The monoisotopic (exact) mass is 270 g/mol. The third-order valence-corrected chi connectivity index (χ3v) is 3.04. The third kappa shape index (κ3) is 2.64. The molecule has 0 aliphatic heterocycles. The molecule has 0 aliphatic rings. The average Bonchev–Trinajstić information content (AvgIpc) is 2.33. The van der Waals surface area contributed by atoms with Crippen LogP contribution in [0.15, 0.2) is 30.3 Å². The summed E-state index contributed by atoms with van der Waals surface area (Å²) in [6.07, 6.45) is 0. The summed E-state index contributed by atoms with van der Waals surface area (Å²) < 4.78 is 5.51. The second-order valence-corrected chi connectivity index (χ2v) is 4.31. The molecule has 2 rings (SSSR count). The van der Waals surface area contributed by atoms with Crippen molar-refractivity contribution in [3.05, 3.63) is 40.4 Å². The smallest absolute Gasteiger partial charge is 0.157 e. The summed E-state index contributed by atoms with van der Waals surface area (Å²) in [6.45, 7) is 0.938. The van der Waals surface area contributed by atoms with E-state index in [2.05, 4.69) is 5.43 Å². The van der Waals surface area contributed by atoms with E-state index in [1.807, 2.05) is 30.3 Å². The van der Waals surface area contributed by atoms with E-state index in [0.29, 0.717) is 28.9 Å². The van der Waals surface area contributed by atoms with E-state index < -0.39 is 0 Å². The lowest BCUT2D eigenvalue weighted by Gasteiger charge is -2.11. The highest BCUT2D eigenvalue weighted by molar-refractivity contribution is 6.41. The first-order valence-corrected chi connectivity index (χ1v) is 5.92. The van der Waals surface area contributed by atoms with E-state index in [1.54, 1.807) is 0 Å². The minimum Gasteiger partial charge on any atom is -0.489 e. The summed E-state index contributed by atoms with van der Waals surface area (Å²) in [5.74, 6) is 5.67. The number of hydrogen-bond acceptors (Lipinski definition) is 3. The van der Waals surface area contributed by atoms with Gasteiger partial charge >= 0.3 is 0 Å². The SMILES string of the molecule is NNCCOc1c(Cl)cc2ccccc2c1Cl. The fraction of sp³-hybridized carbons (Fsp3) is 0.167. The molecule has 0 fully saturated rings. The van der Waals surface area contributed by atoms with Crippen LogP contribution in [0, 0.1) is 0 Å². The molecule has 2 aromatic carbocycles. The maximum absolute atomic E-state index is 6.26. The van der Waals surface area contributed by atoms with Crippen LogP contribution in [0.4, 0.5) is 0 Å². The molecule has 90 valence electrons. The molecule has 0 heterocycles. The molecule has 3 N–H and O–H groups in total. The number of hydrazine groups is 1. The van der Waals surface area contributed by atoms with E-state index in [0.717, 1.165) is 10.8 Å². The van der Waals surface area contributed by atoms with Gasteiger partial charge in [-0.2, -0.15) is 0 Å². The van der Waals surface area contributed by atoms with Crippen LogP contribution in [0.3, 0.4) is 0 Å². The standard InChI is InChI=1S/C12H12Cl2N2O/c13-10-7-8-3-1-2-4-9(8)11(14)12(10)17-6-5-16-15/h1-4,7,16H,5-6,15H2. The quantitative estimate of drug-likeness (QED) is 0.510. The van der Waals surface area contributed by atoms with Crippen molar-refractivity contribution in [2.45, 2.75) is 0 Å². The lowest BCUT2D eigenvalue weighted by Crippen LogP contribution is -2.27. The Kier molecular flexibility index (Phi) is 4.07. The van der Waals surface area contributed by atoms with Crippen LogP contribution in [-0.2, 0) is 0 Å². The lowest BCUT2D eigenvalue weighted by atomic mass is 10.1. The summed E-state index contributed by atoms with van der Waals surface area (Å²) in [5, 5.41) is 2.96. The van der Waals surface area contributed by atoms with Gasteiger partial charge in [-0.25, -0.2) is 0 Å². The predicted molar refractivity (Wildman–Crippen MR) is 71.7 cm³/mol. The summed E-state index contributed by atoms with van der Waals surface area (Å²) >= 11 is 12.4. The van der Waals surface area contributed by atoms with Gasteiger partial charge in [-0.15, -0.1) is 0 Å². The van der Waals surface area contributed by atoms with Gasteiger partial charge in [0.05, 0.1) is 10.0 Å². The van der Waals surface area contributed by atoms with E-state index in [4.69, 9.17) is 33.8 Å². The molecule has 0 atom stereocenters. The van der Waals surface area contributed by atoms with Gasteiger partial charge in [0, 0.05) is 11.9 Å². The molecule has 2 aromatic rings. The Hall–Kier alpha value is -1.00. The highest BCUT2D eigenvalue weighted by Crippen LogP contribution is 2.39. The second-order valence-electron chi connectivity index (χ2n) is 3.53. The number of nitrogens with two attached hydrogens (primary N) is 1. The van der Waals surface area contributed by atoms with Gasteiger partial charge in [0.15, 0.2) is 5.75 Å². The number of rotatable bonds is 4. The number of hydrogen-bond donors (Lipinski definition) is 2. The van der Waals surface area contributed by atoms with Crippen molar-refractivity contribution in [2.24, 2.45) is 5.84 Å². The molecular formula is C12H12Cl2N2O. The fourth-order valence-electron chi connectivity index (χ4n) is 1.60. The van der Waals surface area contributed by atoms with E-state index in [-0.39, 0.29) is 0 Å². The molecule has 0 bridgehead atoms. The van der Waals surface area contributed by atoms with Crippen LogP contribution < -0.4 is 16.0 Å². The number of fused-ring (bicyclic) bond motifs is 1. The maximum atomic E-state index is 6.26. The Morgan fingerprint density at radius 2 is 2.00 bits per heavy atom. The Balaban J connectivity index is 2.41. The van der Waals surface area contributed by atoms with E-state index in [1.165, 1.54) is 0 Å². The molecule has 0 spiro atoms. The van der Waals surface area contributed by atoms with Crippen molar-refractivity contribution in [3.63, 3.8) is 0 Å². The number of benzene rings is 2. The predicted octanol–water partition coefficient (Wildman–Crippen LogP) is 2.99. The van der Waals surface area contributed by atoms with E-state index >= 15 is 0 Å². The molecular weight excluding hydrogens is 259 g/mol. The zero-order chi connectivity index (χ0) is 12.3. The molecule has 3 nitrogen and oxygen atoms in total. The molecule has 0 saturated heterocycles. The van der Waals surface area contributed by atoms with Gasteiger partial charge in [-0.3, -0.25) is 11.3 Å². The Bertz CT molecular complexity index is 531. The van der Waals surface area contributed by atoms with Crippen LogP contribution in [0.1, 0.15) is 0 Å². The summed E-state index contributed by atoms with van der Waals surface area (Å²) in [5.41, 5.74) is 2.50. The highest BCUT2D eigenvalue weighted by Gasteiger charge is 2.11. The van der Waals surface area contributed by atoms with Crippen LogP contribution in [0.2, 0.25) is 10.0 Å². The van der Waals surface area contributed by atoms with Crippen molar-refractivity contribution in [1.82, 2.24) is 5.43 Å². The molecule has 0 radical (unpaired) electrons. The number of nitrogens with one attached hydrogen (secondary N) is 1. The summed E-state index contributed by atoms with van der Waals surface area (Å²) in [7, 11) is 0. The average molecular weight is 271 g/mol. The van der Waals surface area contributed by atoms with Crippen molar-refractivity contribution >= 4 is 34.0 Å². The van der Waals surface area contributed by atoms with Crippen LogP contribution in [0.25, 0.3) is 10.8 Å². The van der Waals surface area contributed by atoms with Gasteiger partial charge < -0.3 is 4.74 Å². The van der Waals surface area contributed by atoms with Crippen LogP contribution in [0.5, 0.6) is 5.75 Å². The largest absolute Gasteiger partial charge is 0.489 e. The normalized spacial score (nSPS) is 10.8. The molecule has 17 heavy (non-hydrogen) atoms. The third-order valence-electron chi connectivity index (χ3n) is 2.39. The minimum atomic E-state index is 0.411. The first kappa shape index (κ1) is 12.5. The van der Waals surface area contributed by atoms with Crippen molar-refractivity contribution < 1.29 is 4.74 Å². The van der Waals surface area contributed by atoms with Gasteiger partial charge in [0.2, 0.25) is 0 Å². The topological polar surface area (TPSA) is 47.3 Å². The molecule has 0 unspecified atom stereocenters. The van der Waals surface area contributed by atoms with Gasteiger partial charge in [0.25, 0.3) is 0 Å².